The number of hydrazine groups is 1. The van der Waals surface area contributed by atoms with Crippen molar-refractivity contribution in [1.82, 2.24) is 9.97 Å². The Morgan fingerprint density at radius 1 is 1.25 bits per heavy atom. The Bertz CT molecular complexity index is 605. The minimum absolute atomic E-state index is 0.305. The van der Waals surface area contributed by atoms with Crippen molar-refractivity contribution < 1.29 is 4.39 Å². The van der Waals surface area contributed by atoms with Gasteiger partial charge in [-0.2, -0.15) is 0 Å². The monoisotopic (exact) mass is 339 g/mol. The summed E-state index contributed by atoms with van der Waals surface area (Å²) in [6, 6.07) is 6.09. The fourth-order valence-corrected chi connectivity index (χ4v) is 2.15. The molecule has 20 heavy (non-hydrogen) atoms. The van der Waals surface area contributed by atoms with Crippen LogP contribution in [0.25, 0.3) is 0 Å². The molecular formula is C13H15BrFN5. The molecule has 2 rings (SSSR count). The molecule has 4 N–H and O–H groups in total. The second-order valence-electron chi connectivity index (χ2n) is 4.20. The fraction of sp³-hybridized carbons (Fsp3) is 0.231. The number of aromatic nitrogens is 2. The summed E-state index contributed by atoms with van der Waals surface area (Å²) in [4.78, 5) is 8.66. The van der Waals surface area contributed by atoms with E-state index in [2.05, 4.69) is 43.6 Å². The molecule has 0 saturated carbocycles. The Kier molecular flexibility index (Phi) is 4.86. The van der Waals surface area contributed by atoms with Crippen LogP contribution in [0, 0.1) is 5.82 Å². The zero-order valence-electron chi connectivity index (χ0n) is 11.0. The van der Waals surface area contributed by atoms with Gasteiger partial charge < -0.3 is 10.7 Å². The minimum Gasteiger partial charge on any atom is -0.339 e. The summed E-state index contributed by atoms with van der Waals surface area (Å²) < 4.78 is 13.7. The van der Waals surface area contributed by atoms with Crippen LogP contribution in [0.3, 0.4) is 0 Å². The van der Waals surface area contributed by atoms with Crippen molar-refractivity contribution in [3.8, 4) is 0 Å². The standard InChI is InChI=1S/C13H15BrFN5/c1-2-3-11-18-12(7-13(19-11)20-16)17-10-5-4-8(15)6-9(10)14/h4-7H,2-3,16H2,1H3,(H2,17,18,19,20). The van der Waals surface area contributed by atoms with Gasteiger partial charge in [0.15, 0.2) is 0 Å². The first-order valence-corrected chi connectivity index (χ1v) is 6.98. The number of nitrogens with zero attached hydrogens (tertiary/aromatic N) is 2. The first-order chi connectivity index (χ1) is 9.62. The maximum Gasteiger partial charge on any atom is 0.145 e. The maximum atomic E-state index is 13.1. The molecule has 0 aliphatic heterocycles. The molecule has 0 unspecified atom stereocenters. The highest BCUT2D eigenvalue weighted by molar-refractivity contribution is 9.10. The topological polar surface area (TPSA) is 75.9 Å². The van der Waals surface area contributed by atoms with Gasteiger partial charge in [0.1, 0.15) is 23.3 Å². The van der Waals surface area contributed by atoms with E-state index in [1.165, 1.54) is 12.1 Å². The highest BCUT2D eigenvalue weighted by atomic mass is 79.9. The van der Waals surface area contributed by atoms with Crippen molar-refractivity contribution in [2.24, 2.45) is 5.84 Å². The van der Waals surface area contributed by atoms with Crippen LogP contribution in [0.15, 0.2) is 28.7 Å². The van der Waals surface area contributed by atoms with Crippen molar-refractivity contribution in [3.05, 3.63) is 40.4 Å². The number of hydrogen-bond acceptors (Lipinski definition) is 5. The summed E-state index contributed by atoms with van der Waals surface area (Å²) in [5.41, 5.74) is 3.23. The lowest BCUT2D eigenvalue weighted by molar-refractivity contribution is 0.627. The van der Waals surface area contributed by atoms with Crippen molar-refractivity contribution in [3.63, 3.8) is 0 Å². The van der Waals surface area contributed by atoms with Gasteiger partial charge in [-0.1, -0.05) is 6.92 Å². The number of rotatable bonds is 5. The molecule has 0 radical (unpaired) electrons. The largest absolute Gasteiger partial charge is 0.339 e. The summed E-state index contributed by atoms with van der Waals surface area (Å²) in [7, 11) is 0. The van der Waals surface area contributed by atoms with Crippen LogP contribution in [0.1, 0.15) is 19.2 Å². The Morgan fingerprint density at radius 2 is 2.00 bits per heavy atom. The van der Waals surface area contributed by atoms with E-state index in [1.807, 2.05) is 0 Å². The quantitative estimate of drug-likeness (QED) is 0.575. The minimum atomic E-state index is -0.305. The van der Waals surface area contributed by atoms with Gasteiger partial charge in [-0.15, -0.1) is 0 Å². The van der Waals surface area contributed by atoms with E-state index >= 15 is 0 Å². The maximum absolute atomic E-state index is 13.1. The third-order valence-electron chi connectivity index (χ3n) is 2.59. The zero-order chi connectivity index (χ0) is 14.5. The zero-order valence-corrected chi connectivity index (χ0v) is 12.5. The van der Waals surface area contributed by atoms with Crippen LogP contribution in [0.4, 0.5) is 21.7 Å². The number of benzene rings is 1. The number of hydrogen-bond donors (Lipinski definition) is 3. The number of anilines is 3. The molecule has 0 atom stereocenters. The highest BCUT2D eigenvalue weighted by Gasteiger charge is 2.06. The van der Waals surface area contributed by atoms with Crippen molar-refractivity contribution in [1.29, 1.82) is 0 Å². The molecule has 0 fully saturated rings. The van der Waals surface area contributed by atoms with Crippen molar-refractivity contribution >= 4 is 33.3 Å². The molecule has 0 bridgehead atoms. The van der Waals surface area contributed by atoms with E-state index in [1.54, 1.807) is 12.1 Å². The molecule has 0 aliphatic rings. The van der Waals surface area contributed by atoms with E-state index in [4.69, 9.17) is 5.84 Å². The smallest absolute Gasteiger partial charge is 0.145 e. The molecule has 1 aromatic carbocycles. The summed E-state index contributed by atoms with van der Waals surface area (Å²) in [5.74, 6) is 6.93. The van der Waals surface area contributed by atoms with E-state index in [9.17, 15) is 4.39 Å². The number of nitrogens with two attached hydrogens (primary N) is 1. The van der Waals surface area contributed by atoms with E-state index in [-0.39, 0.29) is 5.82 Å². The lowest BCUT2D eigenvalue weighted by Crippen LogP contribution is -2.11. The summed E-state index contributed by atoms with van der Waals surface area (Å²) in [6.07, 6.45) is 1.70. The van der Waals surface area contributed by atoms with E-state index in [0.717, 1.165) is 18.5 Å². The number of nitrogens with one attached hydrogen (secondary N) is 2. The van der Waals surface area contributed by atoms with Crippen LogP contribution in [0.2, 0.25) is 0 Å². The molecule has 0 spiro atoms. The van der Waals surface area contributed by atoms with Gasteiger partial charge >= 0.3 is 0 Å². The van der Waals surface area contributed by atoms with Gasteiger partial charge in [-0.3, -0.25) is 0 Å². The van der Waals surface area contributed by atoms with Gasteiger partial charge in [0, 0.05) is 17.0 Å². The van der Waals surface area contributed by atoms with Gasteiger partial charge in [0.25, 0.3) is 0 Å². The summed E-state index contributed by atoms with van der Waals surface area (Å²) in [6.45, 7) is 2.05. The molecular weight excluding hydrogens is 325 g/mol. The second kappa shape index (κ2) is 6.62. The first kappa shape index (κ1) is 14.7. The normalized spacial score (nSPS) is 10.4. The fourth-order valence-electron chi connectivity index (χ4n) is 1.70. The van der Waals surface area contributed by atoms with Crippen LogP contribution in [-0.2, 0) is 6.42 Å². The molecule has 2 aromatic rings. The molecule has 5 nitrogen and oxygen atoms in total. The van der Waals surface area contributed by atoms with Crippen LogP contribution in [0.5, 0.6) is 0 Å². The molecule has 0 amide bonds. The Balaban J connectivity index is 2.29. The average Bonchev–Trinajstić information content (AvgIpc) is 2.42. The molecule has 0 saturated heterocycles. The van der Waals surface area contributed by atoms with Crippen LogP contribution < -0.4 is 16.6 Å². The van der Waals surface area contributed by atoms with Gasteiger partial charge in [-0.05, 0) is 40.5 Å². The molecule has 1 aromatic heterocycles. The lowest BCUT2D eigenvalue weighted by Gasteiger charge is -2.10. The lowest BCUT2D eigenvalue weighted by atomic mass is 10.3. The van der Waals surface area contributed by atoms with Crippen LogP contribution >= 0.6 is 15.9 Å². The number of nitrogen functional groups attached to an aromatic ring is 1. The Hall–Kier alpha value is -1.73. The number of halogens is 2. The van der Waals surface area contributed by atoms with Crippen molar-refractivity contribution in [2.45, 2.75) is 19.8 Å². The van der Waals surface area contributed by atoms with Crippen LogP contribution in [-0.4, -0.2) is 9.97 Å². The predicted octanol–water partition coefficient (Wildman–Crippen LogP) is 3.36. The van der Waals surface area contributed by atoms with E-state index in [0.29, 0.717) is 21.9 Å². The third kappa shape index (κ3) is 3.64. The predicted molar refractivity (Wildman–Crippen MR) is 81.2 cm³/mol. The molecule has 1 heterocycles. The first-order valence-electron chi connectivity index (χ1n) is 6.19. The SMILES string of the molecule is CCCc1nc(NN)cc(Nc2ccc(F)cc2Br)n1. The van der Waals surface area contributed by atoms with Gasteiger partial charge in [-0.25, -0.2) is 20.2 Å². The number of aryl methyl sites for hydroxylation is 1. The average molecular weight is 340 g/mol. The second-order valence-corrected chi connectivity index (χ2v) is 5.05. The van der Waals surface area contributed by atoms with Gasteiger partial charge in [0.05, 0.1) is 5.69 Å². The van der Waals surface area contributed by atoms with E-state index < -0.39 is 0 Å². The molecule has 106 valence electrons. The molecule has 0 aliphatic carbocycles. The van der Waals surface area contributed by atoms with Crippen molar-refractivity contribution in [2.75, 3.05) is 10.7 Å². The van der Waals surface area contributed by atoms with Gasteiger partial charge in [0.2, 0.25) is 0 Å². The summed E-state index contributed by atoms with van der Waals surface area (Å²) >= 11 is 3.30. The Morgan fingerprint density at radius 3 is 2.65 bits per heavy atom. The third-order valence-corrected chi connectivity index (χ3v) is 3.24. The summed E-state index contributed by atoms with van der Waals surface area (Å²) in [5, 5.41) is 3.11. The highest BCUT2D eigenvalue weighted by Crippen LogP contribution is 2.26. The molecule has 7 heteroatoms. The Labute approximate surface area is 124 Å².